The molecule has 1 aromatic rings. The molecule has 1 unspecified atom stereocenters. The maximum absolute atomic E-state index is 5.78. The molecule has 100 valence electrons. The Morgan fingerprint density at radius 2 is 2.11 bits per heavy atom. The van der Waals surface area contributed by atoms with Crippen molar-refractivity contribution in [3.8, 4) is 0 Å². The summed E-state index contributed by atoms with van der Waals surface area (Å²) >= 11 is 0. The van der Waals surface area contributed by atoms with Gasteiger partial charge in [-0.25, -0.2) is 9.97 Å². The van der Waals surface area contributed by atoms with E-state index in [0.29, 0.717) is 5.92 Å². The number of nitrogens with zero attached hydrogens (tertiary/aromatic N) is 3. The van der Waals surface area contributed by atoms with Gasteiger partial charge in [-0.05, 0) is 58.3 Å². The van der Waals surface area contributed by atoms with Gasteiger partial charge >= 0.3 is 0 Å². The second-order valence-electron chi connectivity index (χ2n) is 5.55. The van der Waals surface area contributed by atoms with Gasteiger partial charge in [0.1, 0.15) is 5.82 Å². The molecular weight excluding hydrogens is 224 g/mol. The summed E-state index contributed by atoms with van der Waals surface area (Å²) in [7, 11) is 4.16. The van der Waals surface area contributed by atoms with Crippen molar-refractivity contribution in [2.24, 2.45) is 11.7 Å². The van der Waals surface area contributed by atoms with Gasteiger partial charge in [-0.1, -0.05) is 0 Å². The standard InChI is InChI=1S/C14H24N4/c1-10-12-8-11(9-15)4-5-13(12)17-14(16-10)6-7-18(2)3/h11H,4-9,15H2,1-3H3. The second-order valence-corrected chi connectivity index (χ2v) is 5.55. The highest BCUT2D eigenvalue weighted by Crippen LogP contribution is 2.25. The van der Waals surface area contributed by atoms with Crippen LogP contribution in [0.5, 0.6) is 0 Å². The zero-order chi connectivity index (χ0) is 13.1. The van der Waals surface area contributed by atoms with E-state index in [9.17, 15) is 0 Å². The average Bonchev–Trinajstić information content (AvgIpc) is 2.36. The lowest BCUT2D eigenvalue weighted by Gasteiger charge is -2.24. The lowest BCUT2D eigenvalue weighted by atomic mass is 9.86. The Hall–Kier alpha value is -1.00. The molecule has 0 bridgehead atoms. The molecule has 1 aromatic heterocycles. The molecule has 0 saturated carbocycles. The van der Waals surface area contributed by atoms with Crippen molar-refractivity contribution >= 4 is 0 Å². The third kappa shape index (κ3) is 3.06. The number of fused-ring (bicyclic) bond motifs is 1. The summed E-state index contributed by atoms with van der Waals surface area (Å²) in [5.74, 6) is 1.61. The molecule has 2 rings (SSSR count). The van der Waals surface area contributed by atoms with Gasteiger partial charge in [0.05, 0.1) is 0 Å². The van der Waals surface area contributed by atoms with E-state index in [1.807, 2.05) is 0 Å². The molecule has 2 N–H and O–H groups in total. The third-order valence-electron chi connectivity index (χ3n) is 3.74. The maximum Gasteiger partial charge on any atom is 0.130 e. The highest BCUT2D eigenvalue weighted by atomic mass is 15.1. The number of nitrogens with two attached hydrogens (primary N) is 1. The average molecular weight is 248 g/mol. The van der Waals surface area contributed by atoms with Crippen LogP contribution in [0, 0.1) is 12.8 Å². The predicted molar refractivity (Wildman–Crippen MR) is 73.6 cm³/mol. The smallest absolute Gasteiger partial charge is 0.130 e. The molecule has 0 spiro atoms. The SMILES string of the molecule is Cc1nc(CCN(C)C)nc2c1CC(CN)CC2. The first-order chi connectivity index (χ1) is 8.60. The number of aromatic nitrogens is 2. The quantitative estimate of drug-likeness (QED) is 0.862. The van der Waals surface area contributed by atoms with Crippen LogP contribution in [-0.2, 0) is 19.3 Å². The van der Waals surface area contributed by atoms with Gasteiger partial charge < -0.3 is 10.6 Å². The first kappa shape index (κ1) is 13.4. The zero-order valence-electron chi connectivity index (χ0n) is 11.7. The van der Waals surface area contributed by atoms with Crippen molar-refractivity contribution in [2.45, 2.75) is 32.6 Å². The van der Waals surface area contributed by atoms with E-state index in [0.717, 1.165) is 43.9 Å². The lowest BCUT2D eigenvalue weighted by molar-refractivity contribution is 0.407. The molecule has 1 heterocycles. The third-order valence-corrected chi connectivity index (χ3v) is 3.74. The van der Waals surface area contributed by atoms with Gasteiger partial charge in [-0.3, -0.25) is 0 Å². The molecule has 4 nitrogen and oxygen atoms in total. The Morgan fingerprint density at radius 1 is 1.33 bits per heavy atom. The minimum absolute atomic E-state index is 0.618. The molecule has 1 aliphatic rings. The normalized spacial score (nSPS) is 19.1. The van der Waals surface area contributed by atoms with E-state index in [-0.39, 0.29) is 0 Å². The number of aryl methyl sites for hydroxylation is 2. The summed E-state index contributed by atoms with van der Waals surface area (Å²) in [4.78, 5) is 11.6. The summed E-state index contributed by atoms with van der Waals surface area (Å²) < 4.78 is 0. The fourth-order valence-electron chi connectivity index (χ4n) is 2.56. The van der Waals surface area contributed by atoms with Crippen LogP contribution in [0.1, 0.15) is 29.2 Å². The van der Waals surface area contributed by atoms with Crippen LogP contribution in [0.25, 0.3) is 0 Å². The Bertz CT molecular complexity index is 415. The van der Waals surface area contributed by atoms with Gasteiger partial charge in [0.25, 0.3) is 0 Å². The summed E-state index contributed by atoms with van der Waals surface area (Å²) in [5, 5.41) is 0. The zero-order valence-corrected chi connectivity index (χ0v) is 11.7. The minimum Gasteiger partial charge on any atom is -0.330 e. The predicted octanol–water partition coefficient (Wildman–Crippen LogP) is 0.953. The van der Waals surface area contributed by atoms with E-state index in [1.54, 1.807) is 0 Å². The van der Waals surface area contributed by atoms with Crippen molar-refractivity contribution in [3.05, 3.63) is 22.8 Å². The van der Waals surface area contributed by atoms with Crippen molar-refractivity contribution in [2.75, 3.05) is 27.2 Å². The van der Waals surface area contributed by atoms with E-state index >= 15 is 0 Å². The van der Waals surface area contributed by atoms with Gasteiger partial charge in [0, 0.05) is 24.4 Å². The Labute approximate surface area is 110 Å². The highest BCUT2D eigenvalue weighted by Gasteiger charge is 2.21. The Kier molecular flexibility index (Phi) is 4.30. The Balaban J connectivity index is 2.16. The van der Waals surface area contributed by atoms with Crippen molar-refractivity contribution in [1.82, 2.24) is 14.9 Å². The largest absolute Gasteiger partial charge is 0.330 e. The molecule has 0 aromatic carbocycles. The van der Waals surface area contributed by atoms with Crippen molar-refractivity contribution < 1.29 is 0 Å². The molecule has 1 aliphatic carbocycles. The van der Waals surface area contributed by atoms with E-state index in [4.69, 9.17) is 10.7 Å². The second kappa shape index (κ2) is 5.76. The monoisotopic (exact) mass is 248 g/mol. The summed E-state index contributed by atoms with van der Waals surface area (Å²) in [6.07, 6.45) is 4.23. The lowest BCUT2D eigenvalue weighted by Crippen LogP contribution is -2.25. The van der Waals surface area contributed by atoms with E-state index < -0.39 is 0 Å². The molecule has 1 atom stereocenters. The van der Waals surface area contributed by atoms with Crippen LogP contribution in [0.3, 0.4) is 0 Å². The molecule has 0 fully saturated rings. The van der Waals surface area contributed by atoms with Crippen LogP contribution >= 0.6 is 0 Å². The van der Waals surface area contributed by atoms with Crippen LogP contribution in [0.15, 0.2) is 0 Å². The number of rotatable bonds is 4. The minimum atomic E-state index is 0.618. The molecule has 4 heteroatoms. The molecule has 0 radical (unpaired) electrons. The number of likely N-dealkylation sites (N-methyl/N-ethyl adjacent to an activating group) is 1. The molecule has 0 aliphatic heterocycles. The molecule has 0 saturated heterocycles. The van der Waals surface area contributed by atoms with Crippen LogP contribution in [0.4, 0.5) is 0 Å². The first-order valence-electron chi connectivity index (χ1n) is 6.80. The molecular formula is C14H24N4. The fraction of sp³-hybridized carbons (Fsp3) is 0.714. The van der Waals surface area contributed by atoms with Gasteiger partial charge in [0.15, 0.2) is 0 Å². The van der Waals surface area contributed by atoms with E-state index in [2.05, 4.69) is 30.9 Å². The topological polar surface area (TPSA) is 55.0 Å². The van der Waals surface area contributed by atoms with Gasteiger partial charge in [-0.2, -0.15) is 0 Å². The molecule has 0 amide bonds. The van der Waals surface area contributed by atoms with E-state index in [1.165, 1.54) is 17.7 Å². The summed E-state index contributed by atoms with van der Waals surface area (Å²) in [6, 6.07) is 0. The summed E-state index contributed by atoms with van der Waals surface area (Å²) in [6.45, 7) is 3.89. The molecule has 18 heavy (non-hydrogen) atoms. The first-order valence-corrected chi connectivity index (χ1v) is 6.80. The van der Waals surface area contributed by atoms with Crippen molar-refractivity contribution in [1.29, 1.82) is 0 Å². The number of hydrogen-bond acceptors (Lipinski definition) is 4. The van der Waals surface area contributed by atoms with Gasteiger partial charge in [0.2, 0.25) is 0 Å². The van der Waals surface area contributed by atoms with Gasteiger partial charge in [-0.15, -0.1) is 0 Å². The van der Waals surface area contributed by atoms with Crippen LogP contribution in [-0.4, -0.2) is 42.1 Å². The maximum atomic E-state index is 5.78. The number of hydrogen-bond donors (Lipinski definition) is 1. The van der Waals surface area contributed by atoms with Crippen molar-refractivity contribution in [3.63, 3.8) is 0 Å². The van der Waals surface area contributed by atoms with Crippen LogP contribution < -0.4 is 5.73 Å². The Morgan fingerprint density at radius 3 is 2.78 bits per heavy atom. The fourth-order valence-corrected chi connectivity index (χ4v) is 2.56. The van der Waals surface area contributed by atoms with Crippen LogP contribution in [0.2, 0.25) is 0 Å². The summed E-state index contributed by atoms with van der Waals surface area (Å²) in [5.41, 5.74) is 9.55. The highest BCUT2D eigenvalue weighted by molar-refractivity contribution is 5.28.